The normalized spacial score (nSPS) is 11.9. The molecule has 138 valence electrons. The molecule has 0 spiro atoms. The van der Waals surface area contributed by atoms with Gasteiger partial charge in [-0.2, -0.15) is 13.8 Å². The third kappa shape index (κ3) is 3.41. The molecule has 0 fully saturated rings. The van der Waals surface area contributed by atoms with Crippen molar-refractivity contribution in [2.24, 2.45) is 5.14 Å². The van der Waals surface area contributed by atoms with E-state index in [0.29, 0.717) is 15.9 Å². The van der Waals surface area contributed by atoms with Gasteiger partial charge < -0.3 is 9.47 Å². The molecule has 0 radical (unpaired) electrons. The highest BCUT2D eigenvalue weighted by molar-refractivity contribution is 7.89. The number of hydrogen-bond donors (Lipinski definition) is 1. The molecule has 3 rings (SSSR count). The van der Waals surface area contributed by atoms with Gasteiger partial charge in [-0.1, -0.05) is 11.6 Å². The van der Waals surface area contributed by atoms with Crippen LogP contribution >= 0.6 is 11.6 Å². The maximum absolute atomic E-state index is 12.4. The summed E-state index contributed by atoms with van der Waals surface area (Å²) in [5.74, 6) is -0.672. The molecule has 0 saturated heterocycles. The Morgan fingerprint density at radius 2 is 2.08 bits per heavy atom. The molecule has 2 aromatic heterocycles. The number of nitrogens with two attached hydrogens (primary N) is 1. The topological polar surface area (TPSA) is 109 Å². The number of hydrogen-bond acceptors (Lipinski definition) is 6. The second-order valence-corrected chi connectivity index (χ2v) is 6.96. The van der Waals surface area contributed by atoms with Gasteiger partial charge in [0.25, 0.3) is 5.88 Å². The summed E-state index contributed by atoms with van der Waals surface area (Å²) in [5.41, 5.74) is 0.353. The molecule has 2 N–H and O–H groups in total. The molecule has 0 unspecified atom stereocenters. The predicted octanol–water partition coefficient (Wildman–Crippen LogP) is 2.33. The number of rotatable bonds is 5. The van der Waals surface area contributed by atoms with Crippen LogP contribution in [0.3, 0.4) is 0 Å². The van der Waals surface area contributed by atoms with Crippen molar-refractivity contribution in [2.75, 3.05) is 7.11 Å². The van der Waals surface area contributed by atoms with E-state index >= 15 is 0 Å². The Hall–Kier alpha value is -2.50. The number of alkyl halides is 2. The van der Waals surface area contributed by atoms with Crippen molar-refractivity contribution >= 4 is 32.5 Å². The number of halogens is 3. The standard InChI is InChI=1S/C14H11ClF2N4O4S/c1-24-12-10(25-13(16)17)5-19-14(20-12)21-6-11(26(18,22)23)8-3-2-7(15)4-9(8)21/h2-6,13H,1H3,(H2,18,22,23). The van der Waals surface area contributed by atoms with Gasteiger partial charge in [0.05, 0.1) is 18.8 Å². The quantitative estimate of drug-likeness (QED) is 0.699. The molecular weight excluding hydrogens is 394 g/mol. The van der Waals surface area contributed by atoms with Gasteiger partial charge in [-0.3, -0.25) is 4.57 Å². The van der Waals surface area contributed by atoms with Gasteiger partial charge >= 0.3 is 6.61 Å². The van der Waals surface area contributed by atoms with Crippen molar-refractivity contribution in [2.45, 2.75) is 11.5 Å². The van der Waals surface area contributed by atoms with Crippen LogP contribution in [0.5, 0.6) is 11.6 Å². The molecule has 26 heavy (non-hydrogen) atoms. The molecule has 1 aromatic carbocycles. The minimum atomic E-state index is -4.04. The van der Waals surface area contributed by atoms with Crippen LogP contribution in [-0.4, -0.2) is 36.7 Å². The lowest BCUT2D eigenvalue weighted by Crippen LogP contribution is -2.11. The minimum absolute atomic E-state index is 0.0503. The van der Waals surface area contributed by atoms with E-state index in [-0.39, 0.29) is 22.5 Å². The lowest BCUT2D eigenvalue weighted by molar-refractivity contribution is -0.0518. The van der Waals surface area contributed by atoms with E-state index in [1.54, 1.807) is 0 Å². The largest absolute Gasteiger partial charge is 0.478 e. The lowest BCUT2D eigenvalue weighted by Gasteiger charge is -2.10. The van der Waals surface area contributed by atoms with Crippen LogP contribution in [0.1, 0.15) is 0 Å². The van der Waals surface area contributed by atoms with Crippen molar-refractivity contribution in [3.8, 4) is 17.6 Å². The number of ether oxygens (including phenoxy) is 2. The summed E-state index contributed by atoms with van der Waals surface area (Å²) >= 11 is 5.98. The molecule has 12 heteroatoms. The summed E-state index contributed by atoms with van der Waals surface area (Å²) < 4.78 is 59.0. The summed E-state index contributed by atoms with van der Waals surface area (Å²) in [7, 11) is -2.83. The van der Waals surface area contributed by atoms with Crippen LogP contribution < -0.4 is 14.6 Å². The van der Waals surface area contributed by atoms with Crippen molar-refractivity contribution in [3.63, 3.8) is 0 Å². The SMILES string of the molecule is COc1nc(-n2cc(S(N)(=O)=O)c3ccc(Cl)cc32)ncc1OC(F)F. The van der Waals surface area contributed by atoms with E-state index in [4.69, 9.17) is 21.5 Å². The third-order valence-corrected chi connectivity index (χ3v) is 4.55. The van der Waals surface area contributed by atoms with E-state index in [9.17, 15) is 17.2 Å². The average Bonchev–Trinajstić information content (AvgIpc) is 2.93. The number of fused-ring (bicyclic) bond motifs is 1. The summed E-state index contributed by atoms with van der Waals surface area (Å²) in [5, 5.41) is 5.88. The Balaban J connectivity index is 2.24. The maximum atomic E-state index is 12.4. The van der Waals surface area contributed by atoms with Gasteiger partial charge in [-0.05, 0) is 18.2 Å². The number of methoxy groups -OCH3 is 1. The highest BCUT2D eigenvalue weighted by atomic mass is 35.5. The van der Waals surface area contributed by atoms with Gasteiger partial charge in [0, 0.05) is 16.6 Å². The first-order chi connectivity index (χ1) is 12.2. The van der Waals surface area contributed by atoms with Crippen LogP contribution in [0.2, 0.25) is 5.02 Å². The van der Waals surface area contributed by atoms with E-state index in [2.05, 4.69) is 14.7 Å². The summed E-state index contributed by atoms with van der Waals surface area (Å²) in [6.07, 6.45) is 2.19. The van der Waals surface area contributed by atoms with Gasteiger partial charge in [-0.15, -0.1) is 0 Å². The molecule has 0 aliphatic heterocycles. The molecule has 2 heterocycles. The van der Waals surface area contributed by atoms with E-state index in [1.807, 2.05) is 0 Å². The van der Waals surface area contributed by atoms with Crippen molar-refractivity contribution < 1.29 is 26.7 Å². The van der Waals surface area contributed by atoms with Gasteiger partial charge in [-0.25, -0.2) is 18.5 Å². The number of aromatic nitrogens is 3. The predicted molar refractivity (Wildman–Crippen MR) is 88.4 cm³/mol. The molecular formula is C14H11ClF2N4O4S. The fourth-order valence-electron chi connectivity index (χ4n) is 2.35. The zero-order chi connectivity index (χ0) is 19.1. The fourth-order valence-corrected chi connectivity index (χ4v) is 3.24. The van der Waals surface area contributed by atoms with Gasteiger partial charge in [0.1, 0.15) is 4.90 Å². The second kappa shape index (κ2) is 6.67. The molecule has 0 saturated carbocycles. The third-order valence-electron chi connectivity index (χ3n) is 3.37. The molecule has 0 aliphatic rings. The van der Waals surface area contributed by atoms with Gasteiger partial charge in [0.15, 0.2) is 0 Å². The fraction of sp³-hybridized carbons (Fsp3) is 0.143. The number of nitrogens with zero attached hydrogens (tertiary/aromatic N) is 3. The van der Waals surface area contributed by atoms with Crippen molar-refractivity contribution in [1.29, 1.82) is 0 Å². The van der Waals surface area contributed by atoms with Crippen LogP contribution in [0.15, 0.2) is 35.5 Å². The Morgan fingerprint density at radius 3 is 2.69 bits per heavy atom. The Labute approximate surface area is 151 Å². The van der Waals surface area contributed by atoms with Crippen LogP contribution in [0.4, 0.5) is 8.78 Å². The second-order valence-electron chi connectivity index (χ2n) is 4.99. The Bertz CT molecular complexity index is 1090. The molecule has 0 bridgehead atoms. The highest BCUT2D eigenvalue weighted by Gasteiger charge is 2.21. The maximum Gasteiger partial charge on any atom is 0.387 e. The monoisotopic (exact) mass is 404 g/mol. The minimum Gasteiger partial charge on any atom is -0.478 e. The highest BCUT2D eigenvalue weighted by Crippen LogP contribution is 2.31. The average molecular weight is 405 g/mol. The molecule has 8 nitrogen and oxygen atoms in total. The zero-order valence-electron chi connectivity index (χ0n) is 13.1. The number of primary sulfonamides is 1. The van der Waals surface area contributed by atoms with E-state index < -0.39 is 16.6 Å². The summed E-state index contributed by atoms with van der Waals surface area (Å²) in [6.45, 7) is -3.08. The number of sulfonamides is 1. The summed E-state index contributed by atoms with van der Waals surface area (Å²) in [4.78, 5) is 7.74. The molecule has 0 amide bonds. The number of benzene rings is 1. The first kappa shape index (κ1) is 18.3. The Kier molecular flexibility index (Phi) is 4.69. The van der Waals surface area contributed by atoms with Gasteiger partial charge in [0.2, 0.25) is 21.7 Å². The van der Waals surface area contributed by atoms with Crippen LogP contribution in [0, 0.1) is 0 Å². The summed E-state index contributed by atoms with van der Waals surface area (Å²) in [6, 6.07) is 4.48. The van der Waals surface area contributed by atoms with Crippen molar-refractivity contribution in [1.82, 2.24) is 14.5 Å². The molecule has 0 aliphatic carbocycles. The first-order valence-corrected chi connectivity index (χ1v) is 8.82. The molecule has 3 aromatic rings. The van der Waals surface area contributed by atoms with Crippen LogP contribution in [0.25, 0.3) is 16.9 Å². The van der Waals surface area contributed by atoms with Crippen LogP contribution in [-0.2, 0) is 10.0 Å². The van der Waals surface area contributed by atoms with E-state index in [0.717, 1.165) is 6.20 Å². The zero-order valence-corrected chi connectivity index (χ0v) is 14.6. The smallest absolute Gasteiger partial charge is 0.387 e. The van der Waals surface area contributed by atoms with E-state index in [1.165, 1.54) is 36.1 Å². The first-order valence-electron chi connectivity index (χ1n) is 6.90. The lowest BCUT2D eigenvalue weighted by atomic mass is 10.2. The van der Waals surface area contributed by atoms with Crippen molar-refractivity contribution in [3.05, 3.63) is 35.6 Å². The molecule has 0 atom stereocenters. The Morgan fingerprint density at radius 1 is 1.35 bits per heavy atom.